The van der Waals surface area contributed by atoms with E-state index in [1.54, 1.807) is 23.1 Å². The van der Waals surface area contributed by atoms with Crippen LogP contribution in [0.4, 0.5) is 11.4 Å². The van der Waals surface area contributed by atoms with E-state index in [2.05, 4.69) is 4.74 Å². The Morgan fingerprint density at radius 2 is 1.67 bits per heavy atom. The molecule has 0 aromatic heterocycles. The molecule has 4 N–H and O–H groups in total. The van der Waals surface area contributed by atoms with E-state index in [4.69, 9.17) is 11.5 Å². The smallest absolute Gasteiger partial charge is 0.319 e. The third-order valence-corrected chi connectivity index (χ3v) is 3.46. The summed E-state index contributed by atoms with van der Waals surface area (Å²) >= 11 is 0. The number of ether oxygens (including phenoxy) is 1. The molecular weight excluding hydrogens is 272 g/mol. The number of nitrogen functional groups attached to an aromatic ring is 2. The predicted octanol–water partition coefficient (Wildman–Crippen LogP) is -0.218. The number of hydrogen-bond donors (Lipinski definition) is 2. The quantitative estimate of drug-likeness (QED) is 0.590. The summed E-state index contributed by atoms with van der Waals surface area (Å²) in [4.78, 5) is 27.3. The molecule has 0 bridgehead atoms. The summed E-state index contributed by atoms with van der Waals surface area (Å²) in [7, 11) is 1.37. The van der Waals surface area contributed by atoms with Crippen LogP contribution in [0, 0.1) is 0 Å². The van der Waals surface area contributed by atoms with Crippen molar-refractivity contribution in [1.82, 2.24) is 9.80 Å². The highest BCUT2D eigenvalue weighted by Gasteiger charge is 2.23. The normalized spacial score (nSPS) is 15.8. The lowest BCUT2D eigenvalue weighted by atomic mass is 10.1. The number of benzene rings is 1. The Morgan fingerprint density at radius 3 is 2.19 bits per heavy atom. The SMILES string of the molecule is COC(=O)CN1CCN(C(=O)c2cc(N)cc(N)c2)CC1. The molecule has 0 saturated carbocycles. The minimum absolute atomic E-state index is 0.0910. The van der Waals surface area contributed by atoms with E-state index in [1.165, 1.54) is 7.11 Å². The average molecular weight is 292 g/mol. The molecule has 0 unspecified atom stereocenters. The second-order valence-electron chi connectivity index (χ2n) is 5.03. The maximum atomic E-state index is 12.4. The number of carbonyl (C=O) groups excluding carboxylic acids is 2. The standard InChI is InChI=1S/C14H20N4O3/c1-21-13(19)9-17-2-4-18(5-3-17)14(20)10-6-11(15)8-12(16)7-10/h6-8H,2-5,9,15-16H2,1H3. The van der Waals surface area contributed by atoms with Crippen LogP contribution in [0.3, 0.4) is 0 Å². The summed E-state index contributed by atoms with van der Waals surface area (Å²) in [6.07, 6.45) is 0. The van der Waals surface area contributed by atoms with E-state index in [1.807, 2.05) is 4.90 Å². The molecule has 0 atom stereocenters. The summed E-state index contributed by atoms with van der Waals surface area (Å²) < 4.78 is 4.63. The molecule has 0 radical (unpaired) electrons. The van der Waals surface area contributed by atoms with E-state index >= 15 is 0 Å². The molecule has 0 spiro atoms. The van der Waals surface area contributed by atoms with Crippen molar-refractivity contribution in [2.24, 2.45) is 0 Å². The van der Waals surface area contributed by atoms with Crippen LogP contribution in [0.25, 0.3) is 0 Å². The molecule has 1 heterocycles. The number of nitrogens with zero attached hydrogens (tertiary/aromatic N) is 2. The molecule has 1 aromatic rings. The van der Waals surface area contributed by atoms with E-state index in [-0.39, 0.29) is 18.4 Å². The van der Waals surface area contributed by atoms with Gasteiger partial charge in [-0.3, -0.25) is 14.5 Å². The van der Waals surface area contributed by atoms with Gasteiger partial charge < -0.3 is 21.1 Å². The molecule has 1 fully saturated rings. The number of hydrogen-bond acceptors (Lipinski definition) is 6. The summed E-state index contributed by atoms with van der Waals surface area (Å²) in [5.41, 5.74) is 12.9. The predicted molar refractivity (Wildman–Crippen MR) is 79.6 cm³/mol. The minimum Gasteiger partial charge on any atom is -0.468 e. The van der Waals surface area contributed by atoms with Gasteiger partial charge in [-0.15, -0.1) is 0 Å². The number of esters is 1. The van der Waals surface area contributed by atoms with Gasteiger partial charge in [0.1, 0.15) is 0 Å². The van der Waals surface area contributed by atoms with Crippen LogP contribution in [-0.4, -0.2) is 61.5 Å². The van der Waals surface area contributed by atoms with Crippen molar-refractivity contribution >= 4 is 23.3 Å². The Balaban J connectivity index is 1.95. The zero-order valence-corrected chi connectivity index (χ0v) is 12.0. The average Bonchev–Trinajstić information content (AvgIpc) is 2.46. The molecule has 7 nitrogen and oxygen atoms in total. The Kier molecular flexibility index (Phi) is 4.64. The summed E-state index contributed by atoms with van der Waals surface area (Å²) in [5.74, 6) is -0.356. The fraction of sp³-hybridized carbons (Fsp3) is 0.429. The largest absolute Gasteiger partial charge is 0.468 e. The van der Waals surface area contributed by atoms with Crippen molar-refractivity contribution in [2.45, 2.75) is 0 Å². The molecule has 1 saturated heterocycles. The molecule has 21 heavy (non-hydrogen) atoms. The third kappa shape index (κ3) is 3.85. The van der Waals surface area contributed by atoms with E-state index in [9.17, 15) is 9.59 Å². The summed E-state index contributed by atoms with van der Waals surface area (Å²) in [5, 5.41) is 0. The van der Waals surface area contributed by atoms with Crippen LogP contribution in [0.5, 0.6) is 0 Å². The zero-order valence-electron chi connectivity index (χ0n) is 12.0. The number of carbonyl (C=O) groups is 2. The first-order valence-corrected chi connectivity index (χ1v) is 6.74. The van der Waals surface area contributed by atoms with Crippen LogP contribution in [0.15, 0.2) is 18.2 Å². The molecule has 1 aromatic carbocycles. The Morgan fingerprint density at radius 1 is 1.10 bits per heavy atom. The van der Waals surface area contributed by atoms with Crippen molar-refractivity contribution in [2.75, 3.05) is 51.3 Å². The number of rotatable bonds is 3. The van der Waals surface area contributed by atoms with Gasteiger partial charge in [0.2, 0.25) is 0 Å². The van der Waals surface area contributed by atoms with Crippen LogP contribution >= 0.6 is 0 Å². The van der Waals surface area contributed by atoms with Crippen molar-refractivity contribution in [3.63, 3.8) is 0 Å². The lowest BCUT2D eigenvalue weighted by Gasteiger charge is -2.34. The topological polar surface area (TPSA) is 102 Å². The number of piperazine rings is 1. The molecule has 1 aliphatic rings. The lowest BCUT2D eigenvalue weighted by molar-refractivity contribution is -0.142. The number of anilines is 2. The van der Waals surface area contributed by atoms with Crippen molar-refractivity contribution < 1.29 is 14.3 Å². The van der Waals surface area contributed by atoms with Gasteiger partial charge in [-0.05, 0) is 18.2 Å². The highest BCUT2D eigenvalue weighted by Crippen LogP contribution is 2.16. The fourth-order valence-electron chi connectivity index (χ4n) is 2.34. The Bertz CT molecular complexity index is 519. The second kappa shape index (κ2) is 6.45. The molecule has 7 heteroatoms. The number of methoxy groups -OCH3 is 1. The lowest BCUT2D eigenvalue weighted by Crippen LogP contribution is -2.50. The van der Waals surface area contributed by atoms with Gasteiger partial charge in [-0.25, -0.2) is 0 Å². The molecular formula is C14H20N4O3. The van der Waals surface area contributed by atoms with Gasteiger partial charge >= 0.3 is 5.97 Å². The van der Waals surface area contributed by atoms with E-state index < -0.39 is 0 Å². The Hall–Kier alpha value is -2.28. The highest BCUT2D eigenvalue weighted by molar-refractivity contribution is 5.96. The highest BCUT2D eigenvalue weighted by atomic mass is 16.5. The summed E-state index contributed by atoms with van der Waals surface area (Å²) in [6, 6.07) is 4.87. The van der Waals surface area contributed by atoms with E-state index in [0.717, 1.165) is 0 Å². The van der Waals surface area contributed by atoms with Crippen LogP contribution in [0.1, 0.15) is 10.4 Å². The molecule has 2 rings (SSSR count). The maximum Gasteiger partial charge on any atom is 0.319 e. The van der Waals surface area contributed by atoms with Crippen molar-refractivity contribution in [3.05, 3.63) is 23.8 Å². The minimum atomic E-state index is -0.265. The zero-order chi connectivity index (χ0) is 15.4. The molecule has 1 amide bonds. The van der Waals surface area contributed by atoms with Gasteiger partial charge in [-0.2, -0.15) is 0 Å². The van der Waals surface area contributed by atoms with Gasteiger partial charge in [0.25, 0.3) is 5.91 Å². The van der Waals surface area contributed by atoms with Gasteiger partial charge in [0, 0.05) is 43.1 Å². The first kappa shape index (κ1) is 15.1. The molecule has 114 valence electrons. The summed E-state index contributed by atoms with van der Waals surface area (Å²) in [6.45, 7) is 2.65. The molecule has 1 aliphatic heterocycles. The number of nitrogens with two attached hydrogens (primary N) is 2. The first-order chi connectivity index (χ1) is 9.99. The monoisotopic (exact) mass is 292 g/mol. The first-order valence-electron chi connectivity index (χ1n) is 6.74. The number of amides is 1. The van der Waals surface area contributed by atoms with E-state index in [0.29, 0.717) is 43.1 Å². The van der Waals surface area contributed by atoms with Crippen LogP contribution in [0.2, 0.25) is 0 Å². The van der Waals surface area contributed by atoms with Crippen LogP contribution < -0.4 is 11.5 Å². The third-order valence-electron chi connectivity index (χ3n) is 3.46. The van der Waals surface area contributed by atoms with Gasteiger partial charge in [-0.1, -0.05) is 0 Å². The second-order valence-corrected chi connectivity index (χ2v) is 5.03. The van der Waals surface area contributed by atoms with Crippen molar-refractivity contribution in [1.29, 1.82) is 0 Å². The van der Waals surface area contributed by atoms with Crippen LogP contribution in [-0.2, 0) is 9.53 Å². The van der Waals surface area contributed by atoms with Crippen molar-refractivity contribution in [3.8, 4) is 0 Å². The maximum absolute atomic E-state index is 12.4. The molecule has 0 aliphatic carbocycles. The van der Waals surface area contributed by atoms with Gasteiger partial charge in [0.15, 0.2) is 0 Å². The Labute approximate surface area is 123 Å². The fourth-order valence-corrected chi connectivity index (χ4v) is 2.34. The van der Waals surface area contributed by atoms with Gasteiger partial charge in [0.05, 0.1) is 13.7 Å².